The van der Waals surface area contributed by atoms with Crippen molar-refractivity contribution in [2.24, 2.45) is 5.73 Å². The molecule has 7 nitrogen and oxygen atoms in total. The smallest absolute Gasteiger partial charge is 0.263 e. The predicted molar refractivity (Wildman–Crippen MR) is 71.7 cm³/mol. The SMILES string of the molecule is CCOC1CC1n1cc(C(N)=O)cc(C(=O)NC)c1=O. The maximum Gasteiger partial charge on any atom is 0.263 e. The lowest BCUT2D eigenvalue weighted by atomic mass is 10.1. The van der Waals surface area contributed by atoms with Crippen molar-refractivity contribution in [2.45, 2.75) is 25.5 Å². The molecular weight excluding hydrogens is 262 g/mol. The molecule has 1 aliphatic rings. The molecule has 0 aliphatic heterocycles. The van der Waals surface area contributed by atoms with Gasteiger partial charge in [0.2, 0.25) is 5.91 Å². The number of primary amides is 1. The Morgan fingerprint density at radius 1 is 1.55 bits per heavy atom. The first-order chi connectivity index (χ1) is 9.49. The van der Waals surface area contributed by atoms with E-state index in [0.29, 0.717) is 13.0 Å². The van der Waals surface area contributed by atoms with E-state index in [0.717, 1.165) is 0 Å². The van der Waals surface area contributed by atoms with Gasteiger partial charge in [-0.25, -0.2) is 0 Å². The van der Waals surface area contributed by atoms with Crippen LogP contribution in [0, 0.1) is 0 Å². The Labute approximate surface area is 115 Å². The van der Waals surface area contributed by atoms with E-state index in [-0.39, 0.29) is 23.3 Å². The average molecular weight is 279 g/mol. The van der Waals surface area contributed by atoms with E-state index in [1.807, 2.05) is 6.92 Å². The van der Waals surface area contributed by atoms with E-state index >= 15 is 0 Å². The lowest BCUT2D eigenvalue weighted by Gasteiger charge is -2.10. The van der Waals surface area contributed by atoms with Gasteiger partial charge in [-0.05, 0) is 19.4 Å². The van der Waals surface area contributed by atoms with Crippen LogP contribution in [0.1, 0.15) is 40.1 Å². The van der Waals surface area contributed by atoms with Gasteiger partial charge in [-0.1, -0.05) is 0 Å². The lowest BCUT2D eigenvalue weighted by Crippen LogP contribution is -2.33. The Balaban J connectivity index is 2.46. The molecule has 1 aliphatic carbocycles. The van der Waals surface area contributed by atoms with E-state index in [4.69, 9.17) is 10.5 Å². The molecule has 0 saturated heterocycles. The number of hydrogen-bond acceptors (Lipinski definition) is 4. The van der Waals surface area contributed by atoms with Crippen molar-refractivity contribution in [1.29, 1.82) is 0 Å². The van der Waals surface area contributed by atoms with Crippen LogP contribution in [0.25, 0.3) is 0 Å². The van der Waals surface area contributed by atoms with Gasteiger partial charge in [0.15, 0.2) is 0 Å². The summed E-state index contributed by atoms with van der Waals surface area (Å²) in [6.45, 7) is 2.42. The van der Waals surface area contributed by atoms with E-state index in [1.54, 1.807) is 0 Å². The molecule has 1 saturated carbocycles. The second-order valence-electron chi connectivity index (χ2n) is 4.60. The van der Waals surface area contributed by atoms with Crippen molar-refractivity contribution in [2.75, 3.05) is 13.7 Å². The molecule has 0 spiro atoms. The molecule has 0 bridgehead atoms. The molecule has 20 heavy (non-hydrogen) atoms. The van der Waals surface area contributed by atoms with Gasteiger partial charge in [-0.15, -0.1) is 0 Å². The summed E-state index contributed by atoms with van der Waals surface area (Å²) >= 11 is 0. The third-order valence-corrected chi connectivity index (χ3v) is 3.24. The largest absolute Gasteiger partial charge is 0.376 e. The van der Waals surface area contributed by atoms with Crippen LogP contribution in [0.5, 0.6) is 0 Å². The van der Waals surface area contributed by atoms with Crippen LogP contribution in [0.2, 0.25) is 0 Å². The molecule has 2 amide bonds. The molecule has 0 radical (unpaired) electrons. The van der Waals surface area contributed by atoms with Crippen LogP contribution >= 0.6 is 0 Å². The van der Waals surface area contributed by atoms with Crippen LogP contribution < -0.4 is 16.6 Å². The van der Waals surface area contributed by atoms with Gasteiger partial charge in [0.05, 0.1) is 17.7 Å². The van der Waals surface area contributed by atoms with Crippen molar-refractivity contribution < 1.29 is 14.3 Å². The van der Waals surface area contributed by atoms with Crippen molar-refractivity contribution >= 4 is 11.8 Å². The quantitative estimate of drug-likeness (QED) is 0.769. The topological polar surface area (TPSA) is 103 Å². The van der Waals surface area contributed by atoms with Gasteiger partial charge in [0.1, 0.15) is 5.56 Å². The molecule has 2 rings (SSSR count). The summed E-state index contributed by atoms with van der Waals surface area (Å²) in [4.78, 5) is 35.3. The van der Waals surface area contributed by atoms with Crippen molar-refractivity contribution in [3.05, 3.63) is 33.7 Å². The molecule has 3 N–H and O–H groups in total. The van der Waals surface area contributed by atoms with Gasteiger partial charge >= 0.3 is 0 Å². The van der Waals surface area contributed by atoms with Gasteiger partial charge in [-0.3, -0.25) is 14.4 Å². The van der Waals surface area contributed by atoms with Crippen molar-refractivity contribution in [1.82, 2.24) is 9.88 Å². The van der Waals surface area contributed by atoms with Crippen LogP contribution in [-0.4, -0.2) is 36.1 Å². The molecule has 2 atom stereocenters. The highest BCUT2D eigenvalue weighted by Gasteiger charge is 2.41. The van der Waals surface area contributed by atoms with E-state index < -0.39 is 17.4 Å². The monoisotopic (exact) mass is 279 g/mol. The molecule has 1 aromatic heterocycles. The summed E-state index contributed by atoms with van der Waals surface area (Å²) in [5.74, 6) is -1.22. The van der Waals surface area contributed by atoms with Crippen molar-refractivity contribution in [3.63, 3.8) is 0 Å². The molecule has 1 aromatic rings. The highest BCUT2D eigenvalue weighted by atomic mass is 16.5. The first-order valence-electron chi connectivity index (χ1n) is 6.39. The van der Waals surface area contributed by atoms with Gasteiger partial charge < -0.3 is 20.4 Å². The summed E-state index contributed by atoms with van der Waals surface area (Å²) in [5.41, 5.74) is 4.84. The molecule has 7 heteroatoms. The van der Waals surface area contributed by atoms with Gasteiger partial charge in [0.25, 0.3) is 11.5 Å². The maximum atomic E-state index is 12.3. The number of carbonyl (C=O) groups excluding carboxylic acids is 2. The maximum absolute atomic E-state index is 12.3. The second-order valence-corrected chi connectivity index (χ2v) is 4.60. The minimum atomic E-state index is -0.683. The average Bonchev–Trinajstić information content (AvgIpc) is 3.17. The Bertz CT molecular complexity index is 608. The number of nitrogens with two attached hydrogens (primary N) is 1. The summed E-state index contributed by atoms with van der Waals surface area (Å²) < 4.78 is 6.79. The predicted octanol–water partition coefficient (Wildman–Crippen LogP) is -0.343. The number of nitrogens with zero attached hydrogens (tertiary/aromatic N) is 1. The first-order valence-corrected chi connectivity index (χ1v) is 6.39. The van der Waals surface area contributed by atoms with Crippen LogP contribution in [0.15, 0.2) is 17.1 Å². The lowest BCUT2D eigenvalue weighted by molar-refractivity contribution is 0.0959. The number of carbonyl (C=O) groups is 2. The fraction of sp³-hybridized carbons (Fsp3) is 0.462. The van der Waals surface area contributed by atoms with E-state index in [1.165, 1.54) is 23.9 Å². The molecule has 1 heterocycles. The first kappa shape index (κ1) is 14.3. The second kappa shape index (κ2) is 5.46. The zero-order valence-corrected chi connectivity index (χ0v) is 11.4. The molecule has 2 unspecified atom stereocenters. The third-order valence-electron chi connectivity index (χ3n) is 3.24. The van der Waals surface area contributed by atoms with Crippen molar-refractivity contribution in [3.8, 4) is 0 Å². The number of aromatic nitrogens is 1. The van der Waals surface area contributed by atoms with Crippen LogP contribution in [0.4, 0.5) is 0 Å². The number of rotatable bonds is 5. The fourth-order valence-electron chi connectivity index (χ4n) is 2.13. The number of amides is 2. The third kappa shape index (κ3) is 2.57. The standard InChI is InChI=1S/C13H17N3O4/c1-3-20-10-5-9(10)16-6-7(11(14)17)4-8(13(16)19)12(18)15-2/h4,6,9-10H,3,5H2,1-2H3,(H2,14,17)(H,15,18). The highest BCUT2D eigenvalue weighted by molar-refractivity contribution is 5.98. The molecule has 1 fully saturated rings. The number of pyridine rings is 1. The number of ether oxygens (including phenoxy) is 1. The van der Waals surface area contributed by atoms with Crippen LogP contribution in [-0.2, 0) is 4.74 Å². The Hall–Kier alpha value is -2.15. The Morgan fingerprint density at radius 2 is 2.25 bits per heavy atom. The number of hydrogen-bond donors (Lipinski definition) is 2. The van der Waals surface area contributed by atoms with Crippen LogP contribution in [0.3, 0.4) is 0 Å². The zero-order chi connectivity index (χ0) is 14.9. The fourth-order valence-corrected chi connectivity index (χ4v) is 2.13. The Morgan fingerprint density at radius 3 is 2.80 bits per heavy atom. The normalized spacial score (nSPS) is 20.5. The molecule has 108 valence electrons. The molecular formula is C13H17N3O4. The highest BCUT2D eigenvalue weighted by Crippen LogP contribution is 2.37. The minimum Gasteiger partial charge on any atom is -0.376 e. The summed E-state index contributed by atoms with van der Waals surface area (Å²) in [6.07, 6.45) is 2.02. The summed E-state index contributed by atoms with van der Waals surface area (Å²) in [5, 5.41) is 2.38. The zero-order valence-electron chi connectivity index (χ0n) is 11.4. The van der Waals surface area contributed by atoms with Gasteiger partial charge in [-0.2, -0.15) is 0 Å². The van der Waals surface area contributed by atoms with E-state index in [2.05, 4.69) is 5.32 Å². The Kier molecular flexibility index (Phi) is 3.89. The summed E-state index contributed by atoms with van der Waals surface area (Å²) in [6, 6.07) is 1.07. The summed E-state index contributed by atoms with van der Waals surface area (Å²) in [7, 11) is 1.42. The minimum absolute atomic E-state index is 0.0571. The molecule has 0 aromatic carbocycles. The number of nitrogens with one attached hydrogen (secondary N) is 1. The van der Waals surface area contributed by atoms with E-state index in [9.17, 15) is 14.4 Å². The van der Waals surface area contributed by atoms with Gasteiger partial charge in [0, 0.05) is 19.9 Å².